The van der Waals surface area contributed by atoms with Gasteiger partial charge in [-0.05, 0) is 55.0 Å². The van der Waals surface area contributed by atoms with E-state index in [1.54, 1.807) is 61.5 Å². The first-order chi connectivity index (χ1) is 16.1. The molecule has 3 aromatic carbocycles. The van der Waals surface area contributed by atoms with Gasteiger partial charge in [-0.1, -0.05) is 30.3 Å². The van der Waals surface area contributed by atoms with Gasteiger partial charge in [-0.25, -0.2) is 0 Å². The van der Waals surface area contributed by atoms with Gasteiger partial charge in [0.05, 0.1) is 16.9 Å². The first kappa shape index (κ1) is 23.7. The topological polar surface area (TPSA) is 57.7 Å². The number of rotatable bonds is 4. The normalized spacial score (nSPS) is 17.4. The van der Waals surface area contributed by atoms with E-state index in [1.807, 2.05) is 0 Å². The Bertz CT molecular complexity index is 1260. The van der Waals surface area contributed by atoms with Crippen LogP contribution in [0.2, 0.25) is 0 Å². The molecule has 9 heteroatoms. The maximum absolute atomic E-state index is 13.9. The van der Waals surface area contributed by atoms with Gasteiger partial charge >= 0.3 is 6.18 Å². The Labute approximate surface area is 197 Å². The van der Waals surface area contributed by atoms with Crippen LogP contribution in [0.5, 0.6) is 0 Å². The zero-order valence-electron chi connectivity index (χ0n) is 18.4. The molecule has 4 rings (SSSR count). The molecule has 1 heterocycles. The van der Waals surface area contributed by atoms with Gasteiger partial charge in [0.1, 0.15) is 5.92 Å². The molecule has 0 bridgehead atoms. The summed E-state index contributed by atoms with van der Waals surface area (Å²) >= 11 is 0. The second-order valence-electron chi connectivity index (χ2n) is 7.75. The summed E-state index contributed by atoms with van der Waals surface area (Å²) in [6.07, 6.45) is -3.11. The number of benzene rings is 3. The van der Waals surface area contributed by atoms with Gasteiger partial charge in [-0.15, -0.1) is 0 Å². The van der Waals surface area contributed by atoms with Gasteiger partial charge in [-0.2, -0.15) is 13.2 Å². The molecule has 0 radical (unpaired) electrons. The fourth-order valence-corrected chi connectivity index (χ4v) is 4.56. The first-order valence-electron chi connectivity index (χ1n) is 10.5. The van der Waals surface area contributed by atoms with Gasteiger partial charge in [-0.3, -0.25) is 18.7 Å². The highest BCUT2D eigenvalue weighted by Gasteiger charge is 2.42. The Balaban J connectivity index is 1.96. The van der Waals surface area contributed by atoms with E-state index in [9.17, 15) is 27.0 Å². The van der Waals surface area contributed by atoms with Gasteiger partial charge in [0, 0.05) is 34.2 Å². The molecule has 0 saturated heterocycles. The summed E-state index contributed by atoms with van der Waals surface area (Å²) in [4.78, 5) is 30.6. The summed E-state index contributed by atoms with van der Waals surface area (Å²) in [5.41, 5.74) is -0.0132. The Hall–Kier alpha value is -3.46. The molecule has 3 aromatic rings. The van der Waals surface area contributed by atoms with Crippen LogP contribution in [0, 0.1) is 0 Å². The van der Waals surface area contributed by atoms with Crippen molar-refractivity contribution in [3.63, 3.8) is 0 Å². The van der Waals surface area contributed by atoms with Gasteiger partial charge < -0.3 is 4.90 Å². The monoisotopic (exact) mass is 486 g/mol. The number of carbonyl (C=O) groups is 2. The fourth-order valence-electron chi connectivity index (χ4n) is 4.04. The van der Waals surface area contributed by atoms with Crippen molar-refractivity contribution < 1.29 is 27.0 Å². The fraction of sp³-hybridized carbons (Fsp3) is 0.200. The molecule has 0 N–H and O–H groups in total. The predicted octanol–water partition coefficient (Wildman–Crippen LogP) is 5.26. The van der Waals surface area contributed by atoms with Crippen molar-refractivity contribution in [2.24, 2.45) is 0 Å². The lowest BCUT2D eigenvalue weighted by Gasteiger charge is -2.26. The number of halogens is 3. The van der Waals surface area contributed by atoms with Crippen LogP contribution in [0.4, 0.5) is 30.2 Å². The molecule has 5 nitrogen and oxygen atoms in total. The maximum atomic E-state index is 13.9. The number of hydrogen-bond acceptors (Lipinski definition) is 3. The zero-order chi connectivity index (χ0) is 24.6. The standard InChI is InChI=1S/C25H21F3N2O3S/c1-3-29-20-14-11-17(25(26,27)28)15-21(20)30(18-7-5-4-6-8-18)24(32)22(23(29)31)16-9-12-19(13-10-16)34(2)33/h4-15,22H,3H2,1-2H3. The van der Waals surface area contributed by atoms with Crippen LogP contribution < -0.4 is 9.80 Å². The van der Waals surface area contributed by atoms with Gasteiger partial charge in [0.15, 0.2) is 0 Å². The van der Waals surface area contributed by atoms with E-state index in [0.29, 0.717) is 16.1 Å². The number of carbonyl (C=O) groups excluding carboxylic acids is 2. The molecule has 1 aliphatic rings. The average Bonchev–Trinajstić information content (AvgIpc) is 2.89. The Morgan fingerprint density at radius 2 is 1.53 bits per heavy atom. The molecule has 2 atom stereocenters. The van der Waals surface area contributed by atoms with Gasteiger partial charge in [0.2, 0.25) is 11.8 Å². The molecular formula is C25H21F3N2O3S. The number of fused-ring (bicyclic) bond motifs is 1. The number of para-hydroxylation sites is 1. The third kappa shape index (κ3) is 4.23. The van der Waals surface area contributed by atoms with Crippen LogP contribution in [-0.4, -0.2) is 28.8 Å². The molecule has 34 heavy (non-hydrogen) atoms. The summed E-state index contributed by atoms with van der Waals surface area (Å²) in [6, 6.07) is 17.6. The van der Waals surface area contributed by atoms with E-state index in [0.717, 1.165) is 12.1 Å². The number of nitrogens with zero attached hydrogens (tertiary/aromatic N) is 2. The summed E-state index contributed by atoms with van der Waals surface area (Å²) in [7, 11) is -1.25. The third-order valence-electron chi connectivity index (χ3n) is 5.69. The molecule has 0 spiro atoms. The largest absolute Gasteiger partial charge is 0.416 e. The summed E-state index contributed by atoms with van der Waals surface area (Å²) < 4.78 is 52.5. The maximum Gasteiger partial charge on any atom is 0.416 e. The van der Waals surface area contributed by atoms with E-state index in [2.05, 4.69) is 0 Å². The average molecular weight is 487 g/mol. The molecule has 176 valence electrons. The van der Waals surface area contributed by atoms with Crippen LogP contribution >= 0.6 is 0 Å². The number of amides is 2. The number of anilines is 3. The molecule has 0 aromatic heterocycles. The minimum atomic E-state index is -4.63. The van der Waals surface area contributed by atoms with E-state index in [4.69, 9.17) is 0 Å². The van der Waals surface area contributed by atoms with Crippen LogP contribution in [0.3, 0.4) is 0 Å². The minimum absolute atomic E-state index is 0.0185. The second kappa shape index (κ2) is 9.06. The lowest BCUT2D eigenvalue weighted by atomic mass is 9.96. The molecule has 0 fully saturated rings. The summed E-state index contributed by atoms with van der Waals surface area (Å²) in [5, 5.41) is 0. The summed E-state index contributed by atoms with van der Waals surface area (Å²) in [5.74, 6) is -2.50. The van der Waals surface area contributed by atoms with Crippen molar-refractivity contribution in [1.29, 1.82) is 0 Å². The second-order valence-corrected chi connectivity index (χ2v) is 9.13. The molecule has 0 saturated carbocycles. The molecule has 1 aliphatic heterocycles. The molecule has 2 amide bonds. The van der Waals surface area contributed by atoms with Crippen molar-refractivity contribution in [1.82, 2.24) is 0 Å². The van der Waals surface area contributed by atoms with E-state index in [-0.39, 0.29) is 17.9 Å². The smallest absolute Gasteiger partial charge is 0.310 e. The lowest BCUT2D eigenvalue weighted by molar-refractivity contribution is -0.137. The number of hydrogen-bond donors (Lipinski definition) is 0. The Kier molecular flexibility index (Phi) is 6.31. The van der Waals surface area contributed by atoms with Crippen LogP contribution in [-0.2, 0) is 26.6 Å². The van der Waals surface area contributed by atoms with Gasteiger partial charge in [0.25, 0.3) is 0 Å². The number of alkyl halides is 3. The van der Waals surface area contributed by atoms with E-state index < -0.39 is 40.3 Å². The third-order valence-corrected chi connectivity index (χ3v) is 6.63. The quantitative estimate of drug-likeness (QED) is 0.473. The van der Waals surface area contributed by atoms with Crippen LogP contribution in [0.25, 0.3) is 0 Å². The Morgan fingerprint density at radius 3 is 2.09 bits per heavy atom. The minimum Gasteiger partial charge on any atom is -0.310 e. The summed E-state index contributed by atoms with van der Waals surface area (Å²) in [6.45, 7) is 1.85. The molecule has 0 aliphatic carbocycles. The highest BCUT2D eigenvalue weighted by Crippen LogP contribution is 2.44. The van der Waals surface area contributed by atoms with Crippen molar-refractivity contribution in [2.75, 3.05) is 22.6 Å². The van der Waals surface area contributed by atoms with Crippen molar-refractivity contribution in [3.8, 4) is 0 Å². The first-order valence-corrected chi connectivity index (χ1v) is 12.0. The predicted molar refractivity (Wildman–Crippen MR) is 125 cm³/mol. The SMILES string of the molecule is CCN1C(=O)C(c2ccc(S(C)=O)cc2)C(=O)N(c2ccccc2)c2cc(C(F)(F)F)ccc21. The molecular weight excluding hydrogens is 465 g/mol. The Morgan fingerprint density at radius 1 is 0.882 bits per heavy atom. The zero-order valence-corrected chi connectivity index (χ0v) is 19.2. The lowest BCUT2D eigenvalue weighted by Crippen LogP contribution is -2.39. The van der Waals surface area contributed by atoms with Crippen molar-refractivity contribution in [2.45, 2.75) is 23.9 Å². The highest BCUT2D eigenvalue weighted by atomic mass is 32.2. The van der Waals surface area contributed by atoms with Crippen LogP contribution in [0.1, 0.15) is 24.0 Å². The van der Waals surface area contributed by atoms with E-state index in [1.165, 1.54) is 22.1 Å². The van der Waals surface area contributed by atoms with E-state index >= 15 is 0 Å². The molecule has 2 unspecified atom stereocenters. The van der Waals surface area contributed by atoms with Crippen molar-refractivity contribution in [3.05, 3.63) is 83.9 Å². The number of likely N-dealkylation sites (N-methyl/N-ethyl adjacent to an activating group) is 1. The highest BCUT2D eigenvalue weighted by molar-refractivity contribution is 7.84. The van der Waals surface area contributed by atoms with Crippen LogP contribution in [0.15, 0.2) is 77.7 Å². The van der Waals surface area contributed by atoms with Crippen molar-refractivity contribution >= 4 is 39.7 Å².